The molecule has 1 heterocycles. The SMILES string of the molecule is COc1cc(CCN2CC(Br)CC2=O)cc(OC)c1O. The van der Waals surface area contributed by atoms with E-state index in [4.69, 9.17) is 9.47 Å². The molecule has 1 unspecified atom stereocenters. The highest BCUT2D eigenvalue weighted by atomic mass is 79.9. The second-order valence-corrected chi connectivity index (χ2v) is 6.04. The summed E-state index contributed by atoms with van der Waals surface area (Å²) in [6.07, 6.45) is 1.25. The van der Waals surface area contributed by atoms with Crippen LogP contribution >= 0.6 is 15.9 Å². The van der Waals surface area contributed by atoms with Gasteiger partial charge in [0.05, 0.1) is 14.2 Å². The Bertz CT molecular complexity index is 481. The van der Waals surface area contributed by atoms with Crippen LogP contribution in [0.15, 0.2) is 12.1 Å². The van der Waals surface area contributed by atoms with Gasteiger partial charge in [0.25, 0.3) is 0 Å². The van der Waals surface area contributed by atoms with Crippen LogP contribution in [-0.2, 0) is 11.2 Å². The average Bonchev–Trinajstić information content (AvgIpc) is 2.75. The minimum absolute atomic E-state index is 0.00322. The number of ether oxygens (including phenoxy) is 2. The third-order valence-corrected chi connectivity index (χ3v) is 3.99. The zero-order valence-electron chi connectivity index (χ0n) is 11.6. The number of hydrogen-bond donors (Lipinski definition) is 1. The van der Waals surface area contributed by atoms with Crippen molar-refractivity contribution in [1.29, 1.82) is 0 Å². The van der Waals surface area contributed by atoms with E-state index >= 15 is 0 Å². The number of nitrogens with zero attached hydrogens (tertiary/aromatic N) is 1. The van der Waals surface area contributed by atoms with Crippen LogP contribution in [0, 0.1) is 0 Å². The molecule has 1 atom stereocenters. The van der Waals surface area contributed by atoms with Gasteiger partial charge in [-0.1, -0.05) is 15.9 Å². The molecule has 1 aliphatic heterocycles. The quantitative estimate of drug-likeness (QED) is 0.830. The molecule has 1 N–H and O–H groups in total. The highest BCUT2D eigenvalue weighted by molar-refractivity contribution is 9.09. The molecule has 2 rings (SSSR count). The van der Waals surface area contributed by atoms with E-state index in [1.54, 1.807) is 12.1 Å². The van der Waals surface area contributed by atoms with Gasteiger partial charge >= 0.3 is 0 Å². The summed E-state index contributed by atoms with van der Waals surface area (Å²) in [6, 6.07) is 3.54. The van der Waals surface area contributed by atoms with Crippen molar-refractivity contribution in [1.82, 2.24) is 4.90 Å². The molecule has 0 saturated carbocycles. The lowest BCUT2D eigenvalue weighted by Gasteiger charge is -2.17. The Kier molecular flexibility index (Phi) is 4.75. The summed E-state index contributed by atoms with van der Waals surface area (Å²) in [6.45, 7) is 1.39. The predicted molar refractivity (Wildman–Crippen MR) is 78.8 cm³/mol. The Hall–Kier alpha value is -1.43. The van der Waals surface area contributed by atoms with Gasteiger partial charge in [0.1, 0.15) is 0 Å². The van der Waals surface area contributed by atoms with Gasteiger partial charge in [-0.25, -0.2) is 0 Å². The van der Waals surface area contributed by atoms with E-state index in [9.17, 15) is 9.90 Å². The van der Waals surface area contributed by atoms with E-state index in [0.29, 0.717) is 30.9 Å². The van der Waals surface area contributed by atoms with Crippen molar-refractivity contribution in [3.05, 3.63) is 17.7 Å². The number of rotatable bonds is 5. The van der Waals surface area contributed by atoms with Crippen molar-refractivity contribution in [2.75, 3.05) is 27.3 Å². The number of hydrogen-bond acceptors (Lipinski definition) is 4. The minimum Gasteiger partial charge on any atom is -0.502 e. The summed E-state index contributed by atoms with van der Waals surface area (Å²) in [4.78, 5) is 13.8. The maximum Gasteiger partial charge on any atom is 0.223 e. The summed E-state index contributed by atoms with van der Waals surface area (Å²) in [5.41, 5.74) is 0.960. The Morgan fingerprint density at radius 1 is 1.35 bits per heavy atom. The predicted octanol–water partition coefficient (Wildman–Crippen LogP) is 1.95. The fourth-order valence-electron chi connectivity index (χ4n) is 2.30. The molecule has 0 radical (unpaired) electrons. The topological polar surface area (TPSA) is 59.0 Å². The number of alkyl halides is 1. The first-order valence-corrected chi connectivity index (χ1v) is 7.32. The second kappa shape index (κ2) is 6.35. The molecule has 5 nitrogen and oxygen atoms in total. The third kappa shape index (κ3) is 3.17. The number of methoxy groups -OCH3 is 2. The lowest BCUT2D eigenvalue weighted by Crippen LogP contribution is -2.27. The van der Waals surface area contributed by atoms with E-state index in [2.05, 4.69) is 15.9 Å². The van der Waals surface area contributed by atoms with Crippen molar-refractivity contribution in [3.63, 3.8) is 0 Å². The third-order valence-electron chi connectivity index (χ3n) is 3.38. The van der Waals surface area contributed by atoms with Gasteiger partial charge in [0.15, 0.2) is 11.5 Å². The van der Waals surface area contributed by atoms with Crippen LogP contribution in [0.2, 0.25) is 0 Å². The number of halogens is 1. The molecule has 1 amide bonds. The minimum atomic E-state index is -0.00322. The van der Waals surface area contributed by atoms with E-state index in [0.717, 1.165) is 12.1 Å². The summed E-state index contributed by atoms with van der Waals surface area (Å²) < 4.78 is 10.2. The van der Waals surface area contributed by atoms with Gasteiger partial charge in [-0.05, 0) is 24.1 Å². The maximum absolute atomic E-state index is 11.7. The Balaban J connectivity index is 2.08. The fraction of sp³-hybridized carbons (Fsp3) is 0.500. The number of benzene rings is 1. The number of carbonyl (C=O) groups excluding carboxylic acids is 1. The fourth-order valence-corrected chi connectivity index (χ4v) is 2.92. The van der Waals surface area contributed by atoms with Crippen molar-refractivity contribution in [2.45, 2.75) is 17.7 Å². The van der Waals surface area contributed by atoms with E-state index in [-0.39, 0.29) is 16.5 Å². The molecular formula is C14H18BrNO4. The lowest BCUT2D eigenvalue weighted by atomic mass is 10.1. The highest BCUT2D eigenvalue weighted by Gasteiger charge is 2.27. The Morgan fingerprint density at radius 3 is 2.40 bits per heavy atom. The molecule has 6 heteroatoms. The first kappa shape index (κ1) is 15.0. The van der Waals surface area contributed by atoms with E-state index < -0.39 is 0 Å². The largest absolute Gasteiger partial charge is 0.502 e. The van der Waals surface area contributed by atoms with Crippen LogP contribution in [0.25, 0.3) is 0 Å². The highest BCUT2D eigenvalue weighted by Crippen LogP contribution is 2.37. The summed E-state index contributed by atoms with van der Waals surface area (Å²) in [5.74, 6) is 0.928. The van der Waals surface area contributed by atoms with E-state index in [1.807, 2.05) is 4.90 Å². The van der Waals surface area contributed by atoms with Gasteiger partial charge in [-0.15, -0.1) is 0 Å². The standard InChI is InChI=1S/C14H18BrNO4/c1-19-11-5-9(6-12(20-2)14(11)18)3-4-16-8-10(15)7-13(16)17/h5-6,10,18H,3-4,7-8H2,1-2H3. The average molecular weight is 344 g/mol. The normalized spacial score (nSPS) is 18.4. The van der Waals surface area contributed by atoms with Gasteiger partial charge in [0.2, 0.25) is 11.7 Å². The summed E-state index contributed by atoms with van der Waals surface area (Å²) in [7, 11) is 3.00. The zero-order chi connectivity index (χ0) is 14.7. The molecule has 1 aromatic rings. The van der Waals surface area contributed by atoms with Crippen LogP contribution < -0.4 is 9.47 Å². The van der Waals surface area contributed by atoms with Crippen LogP contribution in [-0.4, -0.2) is 48.0 Å². The second-order valence-electron chi connectivity index (χ2n) is 4.74. The monoisotopic (exact) mass is 343 g/mol. The molecule has 1 aliphatic rings. The van der Waals surface area contributed by atoms with Crippen LogP contribution in [0.1, 0.15) is 12.0 Å². The van der Waals surface area contributed by atoms with Crippen molar-refractivity contribution < 1.29 is 19.4 Å². The smallest absolute Gasteiger partial charge is 0.223 e. The van der Waals surface area contributed by atoms with E-state index in [1.165, 1.54) is 14.2 Å². The number of phenols is 1. The first-order chi connectivity index (χ1) is 9.55. The Labute approximate surface area is 126 Å². The van der Waals surface area contributed by atoms with Crippen molar-refractivity contribution >= 4 is 21.8 Å². The van der Waals surface area contributed by atoms with Gasteiger partial charge < -0.3 is 19.5 Å². The summed E-state index contributed by atoms with van der Waals surface area (Å²) in [5, 5.41) is 9.85. The van der Waals surface area contributed by atoms with Crippen molar-refractivity contribution in [2.24, 2.45) is 0 Å². The maximum atomic E-state index is 11.7. The molecule has 0 bridgehead atoms. The molecule has 20 heavy (non-hydrogen) atoms. The van der Waals surface area contributed by atoms with Crippen LogP contribution in [0.3, 0.4) is 0 Å². The molecule has 110 valence electrons. The molecule has 0 spiro atoms. The van der Waals surface area contributed by atoms with Crippen molar-refractivity contribution in [3.8, 4) is 17.2 Å². The first-order valence-electron chi connectivity index (χ1n) is 6.41. The summed E-state index contributed by atoms with van der Waals surface area (Å²) >= 11 is 3.46. The molecule has 0 aromatic heterocycles. The van der Waals surface area contributed by atoms with Crippen LogP contribution in [0.4, 0.5) is 0 Å². The number of amides is 1. The molecular weight excluding hydrogens is 326 g/mol. The molecule has 1 aromatic carbocycles. The van der Waals surface area contributed by atoms with Crippen LogP contribution in [0.5, 0.6) is 17.2 Å². The number of likely N-dealkylation sites (tertiary alicyclic amines) is 1. The molecule has 0 aliphatic carbocycles. The van der Waals surface area contributed by atoms with Gasteiger partial charge in [-0.2, -0.15) is 0 Å². The number of phenolic OH excluding ortho intramolecular Hbond substituents is 1. The number of aromatic hydroxyl groups is 1. The van der Waals surface area contributed by atoms with Gasteiger partial charge in [0, 0.05) is 24.3 Å². The Morgan fingerprint density at radius 2 is 1.95 bits per heavy atom. The molecule has 1 fully saturated rings. The van der Waals surface area contributed by atoms with Gasteiger partial charge in [-0.3, -0.25) is 4.79 Å². The number of carbonyl (C=O) groups is 1. The zero-order valence-corrected chi connectivity index (χ0v) is 13.1. The lowest BCUT2D eigenvalue weighted by molar-refractivity contribution is -0.127. The molecule has 1 saturated heterocycles.